The highest BCUT2D eigenvalue weighted by Gasteiger charge is 2.35. The summed E-state index contributed by atoms with van der Waals surface area (Å²) in [6.45, 7) is 23.9. The van der Waals surface area contributed by atoms with Gasteiger partial charge in [-0.1, -0.05) is 47.3 Å². The number of nitrogens with zero attached hydrogens (tertiary/aromatic N) is 1. The second kappa shape index (κ2) is 11.9. The minimum Gasteiger partial charge on any atom is -0.518 e. The molecule has 0 aliphatic carbocycles. The normalized spacial score (nSPS) is 14.5. The van der Waals surface area contributed by atoms with Crippen molar-refractivity contribution in [2.45, 2.75) is 110 Å². The molecular weight excluding hydrogens is 386 g/mol. The summed E-state index contributed by atoms with van der Waals surface area (Å²) in [5.74, 6) is 0.00185. The minimum atomic E-state index is -1.86. The van der Waals surface area contributed by atoms with Crippen LogP contribution in [-0.4, -0.2) is 54.6 Å². The average Bonchev–Trinajstić information content (AvgIpc) is 2.57. The van der Waals surface area contributed by atoms with Gasteiger partial charge in [0.2, 0.25) is 0 Å². The molecule has 0 heterocycles. The van der Waals surface area contributed by atoms with Crippen LogP contribution in [0.15, 0.2) is 0 Å². The van der Waals surface area contributed by atoms with E-state index < -0.39 is 24.9 Å². The van der Waals surface area contributed by atoms with Gasteiger partial charge in [-0.05, 0) is 63.6 Å². The van der Waals surface area contributed by atoms with Crippen LogP contribution in [0, 0.1) is 0 Å². The number of hydrogen-bond acceptors (Lipinski definition) is 4. The van der Waals surface area contributed by atoms with Gasteiger partial charge in [0.15, 0.2) is 8.32 Å². The zero-order valence-electron chi connectivity index (χ0n) is 19.9. The molecular formula is C20H47NO3Si3. The first-order valence-electron chi connectivity index (χ1n) is 11.0. The summed E-state index contributed by atoms with van der Waals surface area (Å²) >= 11 is 0. The Labute approximate surface area is 172 Å². The average molecular weight is 434 g/mol. The van der Waals surface area contributed by atoms with E-state index in [1.54, 1.807) is 0 Å². The van der Waals surface area contributed by atoms with E-state index in [0.29, 0.717) is 12.6 Å². The van der Waals surface area contributed by atoms with Crippen molar-refractivity contribution in [2.24, 2.45) is 0 Å². The fourth-order valence-corrected chi connectivity index (χ4v) is 9.73. The van der Waals surface area contributed by atoms with Gasteiger partial charge in [0.25, 0.3) is 8.32 Å². The van der Waals surface area contributed by atoms with Crippen molar-refractivity contribution in [1.82, 2.24) is 4.57 Å². The zero-order valence-corrected chi connectivity index (χ0v) is 22.9. The Balaban J connectivity index is 4.81. The van der Waals surface area contributed by atoms with Crippen LogP contribution in [-0.2, 0) is 13.6 Å². The molecule has 1 unspecified atom stereocenters. The predicted molar refractivity (Wildman–Crippen MR) is 126 cm³/mol. The SMILES string of the molecule is CCC(C)O[Si](C)(C)CCCN(CC(=O)O[Si](CC)(CC)CC)[Si](C)(C)C. The quantitative estimate of drug-likeness (QED) is 0.311. The van der Waals surface area contributed by atoms with E-state index in [0.717, 1.165) is 43.6 Å². The van der Waals surface area contributed by atoms with Crippen molar-refractivity contribution in [2.75, 3.05) is 13.1 Å². The Morgan fingerprint density at radius 1 is 0.963 bits per heavy atom. The smallest absolute Gasteiger partial charge is 0.306 e. The summed E-state index contributed by atoms with van der Waals surface area (Å²) in [5, 5.41) is 0. The molecule has 0 bridgehead atoms. The van der Waals surface area contributed by atoms with Gasteiger partial charge in [-0.3, -0.25) is 4.79 Å². The Morgan fingerprint density at radius 2 is 1.48 bits per heavy atom. The van der Waals surface area contributed by atoms with Crippen LogP contribution >= 0.6 is 0 Å². The summed E-state index contributed by atoms with van der Waals surface area (Å²) in [4.78, 5) is 12.7. The lowest BCUT2D eigenvalue weighted by Crippen LogP contribution is -2.51. The highest BCUT2D eigenvalue weighted by atomic mass is 28.4. The number of rotatable bonds is 14. The van der Waals surface area contributed by atoms with E-state index in [-0.39, 0.29) is 5.97 Å². The van der Waals surface area contributed by atoms with Gasteiger partial charge < -0.3 is 13.4 Å². The Kier molecular flexibility index (Phi) is 11.9. The molecule has 7 heteroatoms. The third-order valence-corrected chi connectivity index (χ3v) is 15.2. The molecule has 0 amide bonds. The predicted octanol–water partition coefficient (Wildman–Crippen LogP) is 6.08. The molecule has 27 heavy (non-hydrogen) atoms. The third kappa shape index (κ3) is 10.4. The first kappa shape index (κ1) is 27.0. The van der Waals surface area contributed by atoms with Gasteiger partial charge in [0.1, 0.15) is 8.24 Å². The van der Waals surface area contributed by atoms with Crippen molar-refractivity contribution < 1.29 is 13.6 Å². The number of hydrogen-bond donors (Lipinski definition) is 0. The number of carbonyl (C=O) groups excluding carboxylic acids is 1. The van der Waals surface area contributed by atoms with Crippen LogP contribution < -0.4 is 0 Å². The Bertz CT molecular complexity index is 426. The zero-order chi connectivity index (χ0) is 21.3. The molecule has 0 radical (unpaired) electrons. The largest absolute Gasteiger partial charge is 0.518 e. The second-order valence-corrected chi connectivity index (χ2v) is 23.4. The van der Waals surface area contributed by atoms with Gasteiger partial charge in [-0.2, -0.15) is 0 Å². The van der Waals surface area contributed by atoms with Crippen molar-refractivity contribution in [3.63, 3.8) is 0 Å². The fourth-order valence-electron chi connectivity index (χ4n) is 3.43. The molecule has 0 saturated heterocycles. The molecule has 0 spiro atoms. The topological polar surface area (TPSA) is 38.8 Å². The maximum absolute atomic E-state index is 12.7. The second-order valence-electron chi connectivity index (χ2n) is 9.51. The van der Waals surface area contributed by atoms with Crippen LogP contribution in [0.1, 0.15) is 47.5 Å². The van der Waals surface area contributed by atoms with Gasteiger partial charge in [-0.15, -0.1) is 0 Å². The molecule has 0 aromatic carbocycles. The lowest BCUT2D eigenvalue weighted by Gasteiger charge is -2.36. The van der Waals surface area contributed by atoms with Crippen LogP contribution in [0.25, 0.3) is 0 Å². The van der Waals surface area contributed by atoms with Crippen molar-refractivity contribution in [3.05, 3.63) is 0 Å². The van der Waals surface area contributed by atoms with Gasteiger partial charge in [0.05, 0.1) is 6.54 Å². The summed E-state index contributed by atoms with van der Waals surface area (Å²) in [7, 11) is -5.06. The number of carbonyl (C=O) groups is 1. The molecule has 0 fully saturated rings. The van der Waals surface area contributed by atoms with E-state index in [1.807, 2.05) is 0 Å². The van der Waals surface area contributed by atoms with Gasteiger partial charge >= 0.3 is 5.97 Å². The van der Waals surface area contributed by atoms with Crippen molar-refractivity contribution in [1.29, 1.82) is 0 Å². The highest BCUT2D eigenvalue weighted by Crippen LogP contribution is 2.23. The molecule has 0 aliphatic heterocycles. The van der Waals surface area contributed by atoms with E-state index in [1.165, 1.54) is 0 Å². The maximum atomic E-state index is 12.7. The molecule has 0 saturated carbocycles. The first-order chi connectivity index (χ1) is 12.3. The molecule has 0 aromatic rings. The van der Waals surface area contributed by atoms with Crippen LogP contribution in [0.5, 0.6) is 0 Å². The molecule has 4 nitrogen and oxygen atoms in total. The molecule has 0 aromatic heterocycles. The van der Waals surface area contributed by atoms with E-state index in [4.69, 9.17) is 8.85 Å². The van der Waals surface area contributed by atoms with E-state index >= 15 is 0 Å². The molecule has 0 rings (SSSR count). The maximum Gasteiger partial charge on any atom is 0.306 e. The Hall–Kier alpha value is 0.0406. The summed E-state index contributed by atoms with van der Waals surface area (Å²) < 4.78 is 14.8. The fraction of sp³-hybridized carbons (Fsp3) is 0.950. The molecule has 162 valence electrons. The molecule has 0 aliphatic rings. The van der Waals surface area contributed by atoms with E-state index in [9.17, 15) is 4.79 Å². The summed E-state index contributed by atoms with van der Waals surface area (Å²) in [5.41, 5.74) is 0. The van der Waals surface area contributed by atoms with Crippen LogP contribution in [0.2, 0.25) is 56.9 Å². The monoisotopic (exact) mass is 433 g/mol. The standard InChI is InChI=1S/C20H47NO3Si3/c1-11-19(5)23-26(9,10)17-15-16-21(25(6,7)8)18-20(22)24-27(12-2,13-3)14-4/h19H,11-18H2,1-10H3. The lowest BCUT2D eigenvalue weighted by molar-refractivity contribution is -0.135. The van der Waals surface area contributed by atoms with Gasteiger partial charge in [0, 0.05) is 6.10 Å². The molecule has 1 atom stereocenters. The molecule has 0 N–H and O–H groups in total. The third-order valence-electron chi connectivity index (χ3n) is 5.83. The van der Waals surface area contributed by atoms with Crippen molar-refractivity contribution in [3.8, 4) is 0 Å². The summed E-state index contributed by atoms with van der Waals surface area (Å²) in [6.07, 6.45) is 2.52. The van der Waals surface area contributed by atoms with Gasteiger partial charge in [-0.25, -0.2) is 0 Å². The Morgan fingerprint density at radius 3 is 1.89 bits per heavy atom. The van der Waals surface area contributed by atoms with Crippen molar-refractivity contribution >= 4 is 30.8 Å². The van der Waals surface area contributed by atoms with Crippen LogP contribution in [0.3, 0.4) is 0 Å². The lowest BCUT2D eigenvalue weighted by atomic mass is 10.3. The van der Waals surface area contributed by atoms with Crippen LogP contribution in [0.4, 0.5) is 0 Å². The highest BCUT2D eigenvalue weighted by molar-refractivity contribution is 6.75. The first-order valence-corrected chi connectivity index (χ1v) is 20.1. The van der Waals surface area contributed by atoms with E-state index in [2.05, 4.69) is 71.9 Å². The summed E-state index contributed by atoms with van der Waals surface area (Å²) in [6, 6.07) is 4.20. The minimum absolute atomic E-state index is 0.00185.